The van der Waals surface area contributed by atoms with Crippen molar-refractivity contribution in [2.45, 2.75) is 19.4 Å². The first-order valence-corrected chi connectivity index (χ1v) is 7.26. The van der Waals surface area contributed by atoms with Gasteiger partial charge in [0.05, 0.1) is 4.92 Å². The summed E-state index contributed by atoms with van der Waals surface area (Å²) >= 11 is 6.11. The van der Waals surface area contributed by atoms with Crippen LogP contribution in [0, 0.1) is 16.0 Å². The number of non-ortho nitro benzene ring substituents is 1. The van der Waals surface area contributed by atoms with E-state index in [0.717, 1.165) is 31.5 Å². The molecule has 1 aromatic rings. The van der Waals surface area contributed by atoms with Crippen LogP contribution in [0.2, 0.25) is 5.02 Å². The van der Waals surface area contributed by atoms with E-state index in [1.807, 2.05) is 0 Å². The average molecular weight is 312 g/mol. The maximum absolute atomic E-state index is 11.6. The second kappa shape index (κ2) is 6.87. The topological polar surface area (TPSA) is 75.5 Å². The molecule has 114 valence electrons. The number of carbonyl (C=O) groups is 1. The number of halogens is 1. The van der Waals surface area contributed by atoms with Crippen LogP contribution in [0.3, 0.4) is 0 Å². The lowest BCUT2D eigenvalue weighted by Gasteiger charge is -2.31. The molecule has 0 atom stereocenters. The van der Waals surface area contributed by atoms with Gasteiger partial charge in [-0.3, -0.25) is 19.8 Å². The van der Waals surface area contributed by atoms with Gasteiger partial charge in [0.2, 0.25) is 5.91 Å². The highest BCUT2D eigenvalue weighted by atomic mass is 35.5. The molecular formula is C14H18ClN3O3. The van der Waals surface area contributed by atoms with Crippen molar-refractivity contribution in [3.63, 3.8) is 0 Å². The maximum Gasteiger partial charge on any atom is 0.269 e. The molecule has 0 spiro atoms. The highest BCUT2D eigenvalue weighted by molar-refractivity contribution is 6.31. The number of piperidine rings is 1. The van der Waals surface area contributed by atoms with E-state index in [0.29, 0.717) is 11.6 Å². The molecule has 1 aliphatic heterocycles. The number of carbonyl (C=O) groups excluding carboxylic acids is 1. The molecule has 7 heteroatoms. The summed E-state index contributed by atoms with van der Waals surface area (Å²) in [6.07, 6.45) is 1.60. The zero-order chi connectivity index (χ0) is 15.4. The highest BCUT2D eigenvalue weighted by Gasteiger charge is 2.24. The molecule has 0 aliphatic carbocycles. The molecule has 0 radical (unpaired) electrons. The lowest BCUT2D eigenvalue weighted by molar-refractivity contribution is -0.384. The smallest absolute Gasteiger partial charge is 0.269 e. The molecule has 1 fully saturated rings. The fourth-order valence-electron chi connectivity index (χ4n) is 2.59. The van der Waals surface area contributed by atoms with Gasteiger partial charge in [-0.05, 0) is 37.6 Å². The molecule has 1 amide bonds. The Balaban J connectivity index is 1.99. The van der Waals surface area contributed by atoms with Gasteiger partial charge in [0.15, 0.2) is 0 Å². The van der Waals surface area contributed by atoms with Crippen molar-refractivity contribution in [1.82, 2.24) is 10.2 Å². The van der Waals surface area contributed by atoms with Gasteiger partial charge in [0, 0.05) is 36.7 Å². The van der Waals surface area contributed by atoms with Gasteiger partial charge >= 0.3 is 0 Å². The Labute approximate surface area is 128 Å². The summed E-state index contributed by atoms with van der Waals surface area (Å²) in [5, 5.41) is 14.0. The number of nitro groups is 1. The third-order valence-corrected chi connectivity index (χ3v) is 4.21. The zero-order valence-corrected chi connectivity index (χ0v) is 12.6. The van der Waals surface area contributed by atoms with E-state index in [4.69, 9.17) is 11.6 Å². The molecule has 6 nitrogen and oxygen atoms in total. The number of nitrogens with zero attached hydrogens (tertiary/aromatic N) is 2. The predicted octanol–water partition coefficient (Wildman–Crippen LogP) is 2.21. The summed E-state index contributed by atoms with van der Waals surface area (Å²) < 4.78 is 0. The summed E-state index contributed by atoms with van der Waals surface area (Å²) in [6.45, 7) is 2.15. The van der Waals surface area contributed by atoms with Crippen LogP contribution in [0.25, 0.3) is 0 Å². The van der Waals surface area contributed by atoms with Crippen molar-refractivity contribution in [1.29, 1.82) is 0 Å². The quantitative estimate of drug-likeness (QED) is 0.683. The molecule has 1 saturated heterocycles. The van der Waals surface area contributed by atoms with E-state index >= 15 is 0 Å². The summed E-state index contributed by atoms with van der Waals surface area (Å²) in [4.78, 5) is 24.1. The standard InChI is InChI=1S/C14H18ClN3O3/c1-16-14(19)10-4-6-17(7-5-10)9-11-8-12(18(20)21)2-3-13(11)15/h2-3,8,10H,4-7,9H2,1H3,(H,16,19). The fourth-order valence-corrected chi connectivity index (χ4v) is 2.77. The van der Waals surface area contributed by atoms with Crippen LogP contribution < -0.4 is 5.32 Å². The lowest BCUT2D eigenvalue weighted by Crippen LogP contribution is -2.39. The SMILES string of the molecule is CNC(=O)C1CCN(Cc2cc([N+](=O)[O-])ccc2Cl)CC1. The number of hydrogen-bond acceptors (Lipinski definition) is 4. The van der Waals surface area contributed by atoms with Gasteiger partial charge in [-0.25, -0.2) is 0 Å². The molecule has 0 aromatic heterocycles. The number of likely N-dealkylation sites (tertiary alicyclic amines) is 1. The van der Waals surface area contributed by atoms with E-state index in [9.17, 15) is 14.9 Å². The molecule has 1 aromatic carbocycles. The first kappa shape index (κ1) is 15.7. The van der Waals surface area contributed by atoms with Gasteiger partial charge in [-0.15, -0.1) is 0 Å². The first-order chi connectivity index (χ1) is 10.0. The number of rotatable bonds is 4. The molecular weight excluding hydrogens is 294 g/mol. The van der Waals surface area contributed by atoms with E-state index in [-0.39, 0.29) is 17.5 Å². The van der Waals surface area contributed by atoms with Gasteiger partial charge < -0.3 is 5.32 Å². The monoisotopic (exact) mass is 311 g/mol. The number of hydrogen-bond donors (Lipinski definition) is 1. The van der Waals surface area contributed by atoms with Crippen LogP contribution in [0.5, 0.6) is 0 Å². The Morgan fingerprint density at radius 3 is 2.71 bits per heavy atom. The van der Waals surface area contributed by atoms with Gasteiger partial charge in [0.25, 0.3) is 5.69 Å². The van der Waals surface area contributed by atoms with Crippen LogP contribution in [-0.2, 0) is 11.3 Å². The number of amides is 1. The van der Waals surface area contributed by atoms with Crippen LogP contribution in [0.4, 0.5) is 5.69 Å². The average Bonchev–Trinajstić information content (AvgIpc) is 2.49. The van der Waals surface area contributed by atoms with Crippen molar-refractivity contribution >= 4 is 23.2 Å². The molecule has 0 saturated carbocycles. The summed E-state index contributed by atoms with van der Waals surface area (Å²) in [6, 6.07) is 4.49. The van der Waals surface area contributed by atoms with Crippen molar-refractivity contribution < 1.29 is 9.72 Å². The Hall–Kier alpha value is -1.66. The summed E-state index contributed by atoms with van der Waals surface area (Å²) in [5.41, 5.74) is 0.805. The molecule has 1 heterocycles. The minimum atomic E-state index is -0.419. The Morgan fingerprint density at radius 2 is 2.14 bits per heavy atom. The van der Waals surface area contributed by atoms with Crippen LogP contribution in [-0.4, -0.2) is 35.9 Å². The molecule has 1 N–H and O–H groups in total. The van der Waals surface area contributed by atoms with Crippen molar-refractivity contribution in [2.75, 3.05) is 20.1 Å². The summed E-state index contributed by atoms with van der Waals surface area (Å²) in [7, 11) is 1.65. The largest absolute Gasteiger partial charge is 0.359 e. The van der Waals surface area contributed by atoms with Crippen LogP contribution in [0.15, 0.2) is 18.2 Å². The van der Waals surface area contributed by atoms with Crippen molar-refractivity contribution in [2.24, 2.45) is 5.92 Å². The number of benzene rings is 1. The Morgan fingerprint density at radius 1 is 1.48 bits per heavy atom. The molecule has 21 heavy (non-hydrogen) atoms. The van der Waals surface area contributed by atoms with E-state index in [1.165, 1.54) is 12.1 Å². The van der Waals surface area contributed by atoms with Gasteiger partial charge in [0.1, 0.15) is 0 Å². The maximum atomic E-state index is 11.6. The van der Waals surface area contributed by atoms with Crippen molar-refractivity contribution in [3.8, 4) is 0 Å². The Kier molecular flexibility index (Phi) is 5.14. The predicted molar refractivity (Wildman–Crippen MR) is 80.2 cm³/mol. The minimum Gasteiger partial charge on any atom is -0.359 e. The fraction of sp³-hybridized carbons (Fsp3) is 0.500. The number of nitrogens with one attached hydrogen (secondary N) is 1. The zero-order valence-electron chi connectivity index (χ0n) is 11.8. The molecule has 0 bridgehead atoms. The number of nitro benzene ring substituents is 1. The van der Waals surface area contributed by atoms with Crippen LogP contribution >= 0.6 is 11.6 Å². The van der Waals surface area contributed by atoms with Gasteiger partial charge in [-0.2, -0.15) is 0 Å². The minimum absolute atomic E-state index is 0.0506. The van der Waals surface area contributed by atoms with Crippen LogP contribution in [0.1, 0.15) is 18.4 Å². The van der Waals surface area contributed by atoms with Gasteiger partial charge in [-0.1, -0.05) is 11.6 Å². The second-order valence-electron chi connectivity index (χ2n) is 5.20. The third kappa shape index (κ3) is 3.92. The Bertz CT molecular complexity index is 542. The van der Waals surface area contributed by atoms with E-state index in [1.54, 1.807) is 13.1 Å². The second-order valence-corrected chi connectivity index (χ2v) is 5.60. The van der Waals surface area contributed by atoms with Crippen molar-refractivity contribution in [3.05, 3.63) is 38.9 Å². The highest BCUT2D eigenvalue weighted by Crippen LogP contribution is 2.25. The van der Waals surface area contributed by atoms with E-state index in [2.05, 4.69) is 10.2 Å². The molecule has 0 unspecified atom stereocenters. The molecule has 2 rings (SSSR count). The van der Waals surface area contributed by atoms with E-state index < -0.39 is 4.92 Å². The molecule has 1 aliphatic rings. The first-order valence-electron chi connectivity index (χ1n) is 6.88. The third-order valence-electron chi connectivity index (χ3n) is 3.84. The lowest BCUT2D eigenvalue weighted by atomic mass is 9.95. The summed E-state index contributed by atoms with van der Waals surface area (Å²) in [5.74, 6) is 0.148. The normalized spacial score (nSPS) is 16.7.